The number of hydrogen-bond acceptors (Lipinski definition) is 9. The number of hydrogen-bond donors (Lipinski definition) is 1. The summed E-state index contributed by atoms with van der Waals surface area (Å²) in [6, 6.07) is 9.68. The number of fused-ring (bicyclic) bond motifs is 7. The number of benzene rings is 1. The fourth-order valence-corrected chi connectivity index (χ4v) is 5.64. The first-order valence-corrected chi connectivity index (χ1v) is 14.7. The minimum Gasteiger partial charge on any atom is -0.477 e. The van der Waals surface area contributed by atoms with Gasteiger partial charge in [-0.2, -0.15) is 0 Å². The molecule has 0 unspecified atom stereocenters. The Morgan fingerprint density at radius 2 is 1.73 bits per heavy atom. The summed E-state index contributed by atoms with van der Waals surface area (Å²) in [5, 5.41) is 3.27. The molecule has 0 saturated carbocycles. The smallest absolute Gasteiger partial charge is 0.227 e. The minimum absolute atomic E-state index is 0.193. The molecule has 0 amide bonds. The van der Waals surface area contributed by atoms with Crippen molar-refractivity contribution in [3.63, 3.8) is 0 Å². The Labute approximate surface area is 241 Å². The molecule has 3 aliphatic heterocycles. The summed E-state index contributed by atoms with van der Waals surface area (Å²) in [5.41, 5.74) is 3.88. The zero-order chi connectivity index (χ0) is 27.9. The molecule has 216 valence electrons. The molecule has 9 nitrogen and oxygen atoms in total. The van der Waals surface area contributed by atoms with Crippen LogP contribution in [-0.2, 0) is 11.3 Å². The molecule has 3 aliphatic rings. The number of aromatic nitrogens is 3. The minimum atomic E-state index is -0.506. The first-order valence-electron chi connectivity index (χ1n) is 14.7. The van der Waals surface area contributed by atoms with E-state index in [1.807, 2.05) is 18.2 Å². The van der Waals surface area contributed by atoms with Crippen LogP contribution in [-0.4, -0.2) is 90.3 Å². The predicted molar refractivity (Wildman–Crippen MR) is 158 cm³/mol. The molecule has 6 rings (SSSR count). The van der Waals surface area contributed by atoms with Gasteiger partial charge in [0.2, 0.25) is 11.8 Å². The normalized spacial score (nSPS) is 19.6. The monoisotopic (exact) mass is 559 g/mol. The van der Waals surface area contributed by atoms with Gasteiger partial charge in [0.1, 0.15) is 5.69 Å². The van der Waals surface area contributed by atoms with Gasteiger partial charge in [0.05, 0.1) is 26.0 Å². The topological polar surface area (TPSA) is 78.9 Å². The van der Waals surface area contributed by atoms with Crippen LogP contribution in [0.15, 0.2) is 54.9 Å². The third kappa shape index (κ3) is 7.19. The zero-order valence-corrected chi connectivity index (χ0v) is 23.5. The first-order chi connectivity index (χ1) is 20.2. The van der Waals surface area contributed by atoms with Gasteiger partial charge >= 0.3 is 0 Å². The molecule has 0 atom stereocenters. The van der Waals surface area contributed by atoms with Gasteiger partial charge in [0.25, 0.3) is 0 Å². The van der Waals surface area contributed by atoms with E-state index in [0.717, 1.165) is 44.0 Å². The van der Waals surface area contributed by atoms with Crippen LogP contribution < -0.4 is 15.0 Å². The molecule has 1 N–H and O–H groups in total. The summed E-state index contributed by atoms with van der Waals surface area (Å²) in [6.45, 7) is 10.4. The molecule has 41 heavy (non-hydrogen) atoms. The number of piperazine rings is 1. The van der Waals surface area contributed by atoms with Crippen molar-refractivity contribution in [3.05, 3.63) is 66.3 Å². The van der Waals surface area contributed by atoms with Crippen molar-refractivity contribution in [3.8, 4) is 17.1 Å². The second-order valence-corrected chi connectivity index (χ2v) is 10.7. The highest BCUT2D eigenvalue weighted by atomic mass is 19.1. The van der Waals surface area contributed by atoms with Crippen LogP contribution in [0.5, 0.6) is 5.88 Å². The third-order valence-corrected chi connectivity index (χ3v) is 7.90. The average Bonchev–Trinajstić information content (AvgIpc) is 3.53. The Kier molecular flexibility index (Phi) is 8.99. The van der Waals surface area contributed by atoms with E-state index in [1.165, 1.54) is 44.4 Å². The van der Waals surface area contributed by atoms with Gasteiger partial charge in [-0.05, 0) is 56.6 Å². The summed E-state index contributed by atoms with van der Waals surface area (Å²) >= 11 is 0. The number of likely N-dealkylation sites (tertiary alicyclic amines) is 1. The summed E-state index contributed by atoms with van der Waals surface area (Å²) in [4.78, 5) is 20.6. The molecular formula is C31H38FN7O2. The van der Waals surface area contributed by atoms with Crippen molar-refractivity contribution >= 4 is 17.3 Å². The van der Waals surface area contributed by atoms with Gasteiger partial charge in [0, 0.05) is 74.0 Å². The van der Waals surface area contributed by atoms with E-state index >= 15 is 0 Å². The molecule has 0 spiro atoms. The second-order valence-electron chi connectivity index (χ2n) is 10.7. The van der Waals surface area contributed by atoms with Gasteiger partial charge in [-0.3, -0.25) is 4.90 Å². The van der Waals surface area contributed by atoms with Crippen molar-refractivity contribution in [2.75, 3.05) is 75.8 Å². The SMILES string of the molecule is Fc1cnc2nc1-c1ccnc(c1)OCC/C=C/COCc1cc(ccc1N1CCN(CCN3CCCC3)CC1)N2. The Bertz CT molecular complexity index is 1340. The molecule has 3 aromatic rings. The van der Waals surface area contributed by atoms with Crippen LogP contribution in [0.2, 0.25) is 0 Å². The fourth-order valence-electron chi connectivity index (χ4n) is 5.64. The number of nitrogens with zero attached hydrogens (tertiary/aromatic N) is 6. The van der Waals surface area contributed by atoms with E-state index in [4.69, 9.17) is 9.47 Å². The molecule has 2 fully saturated rings. The molecule has 0 radical (unpaired) electrons. The summed E-state index contributed by atoms with van der Waals surface area (Å²) < 4.78 is 26.6. The van der Waals surface area contributed by atoms with Crippen LogP contribution in [0.25, 0.3) is 11.3 Å². The van der Waals surface area contributed by atoms with E-state index in [-0.39, 0.29) is 5.69 Å². The van der Waals surface area contributed by atoms with Crippen LogP contribution >= 0.6 is 0 Å². The lowest BCUT2D eigenvalue weighted by atomic mass is 10.1. The lowest BCUT2D eigenvalue weighted by molar-refractivity contribution is 0.148. The van der Waals surface area contributed by atoms with Crippen LogP contribution in [0.3, 0.4) is 0 Å². The van der Waals surface area contributed by atoms with Crippen molar-refractivity contribution in [2.24, 2.45) is 0 Å². The largest absolute Gasteiger partial charge is 0.477 e. The van der Waals surface area contributed by atoms with Gasteiger partial charge < -0.3 is 24.6 Å². The maximum absolute atomic E-state index is 14.8. The maximum atomic E-state index is 14.8. The van der Waals surface area contributed by atoms with Crippen LogP contribution in [0.4, 0.5) is 21.7 Å². The molecule has 2 aromatic heterocycles. The quantitative estimate of drug-likeness (QED) is 0.465. The fraction of sp³-hybridized carbons (Fsp3) is 0.452. The molecule has 10 heteroatoms. The van der Waals surface area contributed by atoms with Crippen LogP contribution in [0, 0.1) is 5.82 Å². The van der Waals surface area contributed by atoms with Gasteiger partial charge in [0.15, 0.2) is 5.82 Å². The van der Waals surface area contributed by atoms with E-state index in [0.29, 0.717) is 43.6 Å². The van der Waals surface area contributed by atoms with E-state index in [9.17, 15) is 4.39 Å². The van der Waals surface area contributed by atoms with E-state index < -0.39 is 5.82 Å². The Balaban J connectivity index is 1.20. The highest BCUT2D eigenvalue weighted by Gasteiger charge is 2.21. The highest BCUT2D eigenvalue weighted by molar-refractivity contribution is 5.66. The summed E-state index contributed by atoms with van der Waals surface area (Å²) in [5.74, 6) is 0.235. The Morgan fingerprint density at radius 3 is 2.59 bits per heavy atom. The third-order valence-electron chi connectivity index (χ3n) is 7.90. The number of nitrogens with one attached hydrogen (secondary N) is 1. The molecular weight excluding hydrogens is 521 g/mol. The number of ether oxygens (including phenoxy) is 2. The average molecular weight is 560 g/mol. The van der Waals surface area contributed by atoms with Gasteiger partial charge in [-0.25, -0.2) is 19.3 Å². The zero-order valence-electron chi connectivity index (χ0n) is 23.5. The molecule has 2 saturated heterocycles. The summed E-state index contributed by atoms with van der Waals surface area (Å²) in [6.07, 6.45) is 10.3. The van der Waals surface area contributed by atoms with Crippen molar-refractivity contribution in [1.82, 2.24) is 24.8 Å². The Hall–Kier alpha value is -3.60. The Morgan fingerprint density at radius 1 is 0.902 bits per heavy atom. The van der Waals surface area contributed by atoms with E-state index in [2.05, 4.69) is 47.1 Å². The number of anilines is 3. The molecule has 5 heterocycles. The summed E-state index contributed by atoms with van der Waals surface area (Å²) in [7, 11) is 0. The number of rotatable bonds is 4. The lowest BCUT2D eigenvalue weighted by Crippen LogP contribution is -2.48. The van der Waals surface area contributed by atoms with Crippen molar-refractivity contribution < 1.29 is 13.9 Å². The van der Waals surface area contributed by atoms with Gasteiger partial charge in [-0.1, -0.05) is 12.2 Å². The molecule has 0 aliphatic carbocycles. The second kappa shape index (κ2) is 13.4. The number of pyridine rings is 1. The first kappa shape index (κ1) is 27.6. The molecule has 6 bridgehead atoms. The standard InChI is InChI=1S/C31H38FN7O2/c32-27-22-34-31-35-26-6-7-28(39-16-14-38(15-17-39)13-12-37-10-2-3-11-37)25(20-26)23-40-18-4-1-5-19-41-29-21-24(8-9-33-29)30(27)36-31/h1,4,6-9,20-22H,2-3,5,10-19,23H2,(H,34,35,36)/b4-1+. The van der Waals surface area contributed by atoms with Crippen molar-refractivity contribution in [2.45, 2.75) is 25.9 Å². The molecule has 1 aromatic carbocycles. The van der Waals surface area contributed by atoms with Crippen LogP contribution in [0.1, 0.15) is 24.8 Å². The van der Waals surface area contributed by atoms with Crippen molar-refractivity contribution in [1.29, 1.82) is 0 Å². The lowest BCUT2D eigenvalue weighted by Gasteiger charge is -2.37. The highest BCUT2D eigenvalue weighted by Crippen LogP contribution is 2.29. The number of halogens is 1. The predicted octanol–water partition coefficient (Wildman–Crippen LogP) is 4.49. The van der Waals surface area contributed by atoms with E-state index in [1.54, 1.807) is 18.3 Å². The van der Waals surface area contributed by atoms with Gasteiger partial charge in [-0.15, -0.1) is 0 Å². The maximum Gasteiger partial charge on any atom is 0.227 e.